The van der Waals surface area contributed by atoms with Crippen LogP contribution in [0.15, 0.2) is 0 Å². The molecule has 4 fully saturated rings. The Balaban J connectivity index is 1.10. The zero-order valence-corrected chi connectivity index (χ0v) is 20.4. The van der Waals surface area contributed by atoms with Crippen LogP contribution in [0, 0.1) is 17.8 Å². The average Bonchev–Trinajstić information content (AvgIpc) is 2.66. The van der Waals surface area contributed by atoms with Crippen molar-refractivity contribution in [1.29, 1.82) is 0 Å². The smallest absolute Gasteiger partial charge is 0.315 e. The Morgan fingerprint density at radius 3 is 1.61 bits per heavy atom. The van der Waals surface area contributed by atoms with Crippen LogP contribution in [0.1, 0.15) is 103 Å². The lowest BCUT2D eigenvalue weighted by Gasteiger charge is -2.56. The molecule has 6 nitrogen and oxygen atoms in total. The molecule has 0 aromatic rings. The Kier molecular flexibility index (Phi) is 9.50. The summed E-state index contributed by atoms with van der Waals surface area (Å²) in [5.74, 6) is 2.59. The minimum atomic E-state index is -3.03. The third kappa shape index (κ3) is 8.91. The zero-order valence-electron chi connectivity index (χ0n) is 19.6. The van der Waals surface area contributed by atoms with Crippen LogP contribution >= 0.6 is 0 Å². The van der Waals surface area contributed by atoms with Gasteiger partial charge in [-0.2, -0.15) is 0 Å². The normalized spacial score (nSPS) is 29.3. The second kappa shape index (κ2) is 11.9. The number of hydrogen-bond acceptors (Lipinski definition) is 3. The molecule has 3 N–H and O–H groups in total. The quantitative estimate of drug-likeness (QED) is 0.313. The van der Waals surface area contributed by atoms with Gasteiger partial charge in [0.05, 0.1) is 6.26 Å². The summed E-state index contributed by atoms with van der Waals surface area (Å²) in [5.41, 5.74) is 0.114. The number of carbonyl (C=O) groups is 1. The number of sulfonamides is 1. The minimum Gasteiger partial charge on any atom is -0.338 e. The molecule has 0 aliphatic heterocycles. The maximum absolute atomic E-state index is 12.4. The van der Waals surface area contributed by atoms with E-state index >= 15 is 0 Å². The van der Waals surface area contributed by atoms with Crippen LogP contribution in [0.5, 0.6) is 0 Å². The van der Waals surface area contributed by atoms with Gasteiger partial charge >= 0.3 is 6.03 Å². The van der Waals surface area contributed by atoms with Gasteiger partial charge in [-0.25, -0.2) is 17.9 Å². The summed E-state index contributed by atoms with van der Waals surface area (Å²) in [6, 6.07) is 0.0636. The molecule has 0 aromatic carbocycles. The molecule has 0 atom stereocenters. The summed E-state index contributed by atoms with van der Waals surface area (Å²) in [6.45, 7) is 1.35. The van der Waals surface area contributed by atoms with E-state index in [4.69, 9.17) is 0 Å². The molecule has 0 spiro atoms. The topological polar surface area (TPSA) is 87.3 Å². The molecule has 0 heterocycles. The highest BCUT2D eigenvalue weighted by Crippen LogP contribution is 2.55. The van der Waals surface area contributed by atoms with Gasteiger partial charge < -0.3 is 10.6 Å². The molecule has 4 aliphatic rings. The third-order valence-corrected chi connectivity index (χ3v) is 8.40. The maximum Gasteiger partial charge on any atom is 0.315 e. The predicted octanol–water partition coefficient (Wildman–Crippen LogP) is 4.70. The number of nitrogens with one attached hydrogen (secondary N) is 3. The van der Waals surface area contributed by atoms with Gasteiger partial charge in [0.2, 0.25) is 10.0 Å². The third-order valence-electron chi connectivity index (χ3n) is 7.67. The van der Waals surface area contributed by atoms with Crippen molar-refractivity contribution >= 4 is 16.1 Å². The first-order valence-corrected chi connectivity index (χ1v) is 14.7. The van der Waals surface area contributed by atoms with Crippen molar-refractivity contribution in [3.63, 3.8) is 0 Å². The van der Waals surface area contributed by atoms with E-state index in [1.54, 1.807) is 0 Å². The Hall–Kier alpha value is -0.820. The van der Waals surface area contributed by atoms with Gasteiger partial charge in [0.25, 0.3) is 0 Å². The molecule has 4 bridgehead atoms. The Morgan fingerprint density at radius 1 is 0.742 bits per heavy atom. The van der Waals surface area contributed by atoms with Gasteiger partial charge in [0, 0.05) is 18.6 Å². The first-order chi connectivity index (χ1) is 14.8. The summed E-state index contributed by atoms with van der Waals surface area (Å²) >= 11 is 0. The van der Waals surface area contributed by atoms with Gasteiger partial charge in [-0.05, 0) is 69.1 Å². The van der Waals surface area contributed by atoms with Crippen LogP contribution in [0.2, 0.25) is 0 Å². The highest BCUT2D eigenvalue weighted by Gasteiger charge is 2.51. The SMILES string of the molecule is CS(=O)(=O)NCCCCCCCCCCCCNC(=O)NC12CC3CC(CC(C3)C1)C2. The molecule has 7 heteroatoms. The fourth-order valence-corrected chi connectivity index (χ4v) is 7.19. The highest BCUT2D eigenvalue weighted by molar-refractivity contribution is 7.88. The summed E-state index contributed by atoms with van der Waals surface area (Å²) in [4.78, 5) is 12.4. The molecular formula is C24H45N3O3S. The monoisotopic (exact) mass is 455 g/mol. The van der Waals surface area contributed by atoms with Crippen molar-refractivity contribution in [1.82, 2.24) is 15.4 Å². The lowest BCUT2D eigenvalue weighted by Crippen LogP contribution is -2.61. The lowest BCUT2D eigenvalue weighted by molar-refractivity contribution is -0.0135. The Morgan fingerprint density at radius 2 is 1.16 bits per heavy atom. The second-order valence-electron chi connectivity index (χ2n) is 10.8. The first-order valence-electron chi connectivity index (χ1n) is 12.8. The number of unbranched alkanes of at least 4 members (excludes halogenated alkanes) is 9. The molecule has 2 amide bonds. The van der Waals surface area contributed by atoms with E-state index in [0.717, 1.165) is 43.6 Å². The van der Waals surface area contributed by atoms with E-state index in [2.05, 4.69) is 15.4 Å². The van der Waals surface area contributed by atoms with Crippen molar-refractivity contribution in [2.75, 3.05) is 19.3 Å². The number of carbonyl (C=O) groups excluding carboxylic acids is 1. The van der Waals surface area contributed by atoms with E-state index in [-0.39, 0.29) is 11.6 Å². The summed E-state index contributed by atoms with van der Waals surface area (Å²) < 4.78 is 24.5. The first kappa shape index (κ1) is 24.8. The molecule has 0 aromatic heterocycles. The van der Waals surface area contributed by atoms with E-state index in [9.17, 15) is 13.2 Å². The fourth-order valence-electron chi connectivity index (χ4n) is 6.67. The van der Waals surface area contributed by atoms with Gasteiger partial charge in [-0.15, -0.1) is 0 Å². The van der Waals surface area contributed by atoms with E-state index < -0.39 is 10.0 Å². The van der Waals surface area contributed by atoms with E-state index in [1.165, 1.54) is 89.7 Å². The van der Waals surface area contributed by atoms with Crippen LogP contribution in [-0.4, -0.2) is 39.3 Å². The number of amides is 2. The second-order valence-corrected chi connectivity index (χ2v) is 12.6. The Bertz CT molecular complexity index is 630. The molecule has 180 valence electrons. The molecule has 31 heavy (non-hydrogen) atoms. The Labute approximate surface area is 190 Å². The number of urea groups is 1. The largest absolute Gasteiger partial charge is 0.338 e. The van der Waals surface area contributed by atoms with Crippen LogP contribution in [0.3, 0.4) is 0 Å². The average molecular weight is 456 g/mol. The number of hydrogen-bond donors (Lipinski definition) is 3. The summed E-state index contributed by atoms with van der Waals surface area (Å²) in [5, 5.41) is 6.50. The highest BCUT2D eigenvalue weighted by atomic mass is 32.2. The fraction of sp³-hybridized carbons (Fsp3) is 0.958. The molecule has 4 saturated carbocycles. The molecular weight excluding hydrogens is 410 g/mol. The molecule has 0 unspecified atom stereocenters. The van der Waals surface area contributed by atoms with Gasteiger partial charge in [-0.3, -0.25) is 0 Å². The van der Waals surface area contributed by atoms with Crippen LogP contribution in [0.4, 0.5) is 4.79 Å². The van der Waals surface area contributed by atoms with Crippen LogP contribution in [0.25, 0.3) is 0 Å². The summed E-state index contributed by atoms with van der Waals surface area (Å²) in [7, 11) is -3.03. The van der Waals surface area contributed by atoms with Crippen LogP contribution in [-0.2, 0) is 10.0 Å². The van der Waals surface area contributed by atoms with Crippen molar-refractivity contribution in [2.45, 2.75) is 108 Å². The molecule has 0 saturated heterocycles. The van der Waals surface area contributed by atoms with Gasteiger partial charge in [0.1, 0.15) is 0 Å². The van der Waals surface area contributed by atoms with E-state index in [1.807, 2.05) is 0 Å². The van der Waals surface area contributed by atoms with E-state index in [0.29, 0.717) is 6.54 Å². The standard InChI is InChI=1S/C24H45N3O3S/c1-31(29,30)26-13-11-9-7-5-3-2-4-6-8-10-12-25-23(28)27-24-17-20-14-21(18-24)16-22(15-20)19-24/h20-22,26H,2-19H2,1H3,(H2,25,27,28). The minimum absolute atomic E-state index is 0.0636. The van der Waals surface area contributed by atoms with Crippen molar-refractivity contribution < 1.29 is 13.2 Å². The van der Waals surface area contributed by atoms with Crippen molar-refractivity contribution in [3.8, 4) is 0 Å². The van der Waals surface area contributed by atoms with Gasteiger partial charge in [0.15, 0.2) is 0 Å². The van der Waals surface area contributed by atoms with Crippen LogP contribution < -0.4 is 15.4 Å². The number of rotatable bonds is 15. The molecule has 4 rings (SSSR count). The zero-order chi connectivity index (χ0) is 22.2. The van der Waals surface area contributed by atoms with Crippen molar-refractivity contribution in [3.05, 3.63) is 0 Å². The molecule has 0 radical (unpaired) electrons. The van der Waals surface area contributed by atoms with Crippen molar-refractivity contribution in [2.24, 2.45) is 17.8 Å². The predicted molar refractivity (Wildman–Crippen MR) is 126 cm³/mol. The summed E-state index contributed by atoms with van der Waals surface area (Å²) in [6.07, 6.45) is 20.9. The molecule has 4 aliphatic carbocycles. The van der Waals surface area contributed by atoms with Gasteiger partial charge in [-0.1, -0.05) is 51.4 Å². The lowest BCUT2D eigenvalue weighted by atomic mass is 9.53. The maximum atomic E-state index is 12.4.